The zero-order chi connectivity index (χ0) is 9.68. The summed E-state index contributed by atoms with van der Waals surface area (Å²) >= 11 is 7.19. The second-order valence-electron chi connectivity index (χ2n) is 2.05. The molecule has 1 rings (SSSR count). The summed E-state index contributed by atoms with van der Waals surface area (Å²) in [4.78, 5) is 7.30. The van der Waals surface area contributed by atoms with Gasteiger partial charge in [-0.2, -0.15) is 5.26 Å². The van der Waals surface area contributed by atoms with Gasteiger partial charge < -0.3 is 5.32 Å². The number of anilines is 1. The lowest BCUT2D eigenvalue weighted by Gasteiger charge is -2.01. The van der Waals surface area contributed by atoms with Crippen molar-refractivity contribution in [3.05, 3.63) is 22.9 Å². The molecule has 0 saturated heterocycles. The minimum absolute atomic E-state index is 0.238. The van der Waals surface area contributed by atoms with Crippen molar-refractivity contribution in [2.45, 2.75) is 0 Å². The average Bonchev–Trinajstić information content (AvgIpc) is 2.04. The highest BCUT2D eigenvalue weighted by Crippen LogP contribution is 2.13. The van der Waals surface area contributed by atoms with Gasteiger partial charge in [0.15, 0.2) is 5.17 Å². The summed E-state index contributed by atoms with van der Waals surface area (Å²) in [5.74, 6) is 0. The summed E-state index contributed by atoms with van der Waals surface area (Å²) in [6.07, 6.45) is 4.88. The Bertz CT molecular complexity index is 371. The average molecular weight is 257 g/mol. The first kappa shape index (κ1) is 10.0. The SMILES string of the molecule is N#C/N=C(\S)Nc1cncc(Br)c1. The van der Waals surface area contributed by atoms with Crippen LogP contribution in [0.15, 0.2) is 27.9 Å². The fourth-order valence-electron chi connectivity index (χ4n) is 0.685. The molecule has 0 radical (unpaired) electrons. The number of halogens is 1. The maximum absolute atomic E-state index is 8.22. The third-order valence-electron chi connectivity index (χ3n) is 1.12. The molecule has 1 aromatic rings. The van der Waals surface area contributed by atoms with E-state index in [4.69, 9.17) is 5.26 Å². The van der Waals surface area contributed by atoms with Crippen molar-refractivity contribution in [3.8, 4) is 6.19 Å². The molecule has 6 heteroatoms. The number of amidine groups is 1. The van der Waals surface area contributed by atoms with Crippen LogP contribution < -0.4 is 5.32 Å². The van der Waals surface area contributed by atoms with Gasteiger partial charge in [-0.1, -0.05) is 0 Å². The Balaban J connectivity index is 2.76. The second-order valence-corrected chi connectivity index (χ2v) is 3.39. The Morgan fingerprint density at radius 2 is 2.46 bits per heavy atom. The Labute approximate surface area is 89.2 Å². The highest BCUT2D eigenvalue weighted by molar-refractivity contribution is 9.10. The second kappa shape index (κ2) is 4.84. The Kier molecular flexibility index (Phi) is 3.73. The van der Waals surface area contributed by atoms with E-state index in [0.29, 0.717) is 0 Å². The quantitative estimate of drug-likeness (QED) is 0.350. The number of aliphatic imine (C=N–C) groups is 1. The number of hydrogen-bond acceptors (Lipinski definition) is 3. The fraction of sp³-hybridized carbons (Fsp3) is 0. The zero-order valence-electron chi connectivity index (χ0n) is 6.40. The van der Waals surface area contributed by atoms with Gasteiger partial charge in [0.25, 0.3) is 0 Å². The number of hydrogen-bond donors (Lipinski definition) is 2. The van der Waals surface area contributed by atoms with Gasteiger partial charge in [0.1, 0.15) is 0 Å². The van der Waals surface area contributed by atoms with Crippen molar-refractivity contribution in [1.29, 1.82) is 5.26 Å². The van der Waals surface area contributed by atoms with Crippen LogP contribution in [0.1, 0.15) is 0 Å². The Morgan fingerprint density at radius 1 is 1.69 bits per heavy atom. The molecular formula is C7H5BrN4S. The van der Waals surface area contributed by atoms with Gasteiger partial charge in [-0.3, -0.25) is 4.98 Å². The highest BCUT2D eigenvalue weighted by atomic mass is 79.9. The van der Waals surface area contributed by atoms with Crippen LogP contribution in [0.5, 0.6) is 0 Å². The number of nitrogens with one attached hydrogen (secondary N) is 1. The van der Waals surface area contributed by atoms with Crippen molar-refractivity contribution < 1.29 is 0 Å². The molecule has 0 atom stereocenters. The van der Waals surface area contributed by atoms with E-state index >= 15 is 0 Å². The molecular weight excluding hydrogens is 252 g/mol. The molecule has 0 aliphatic heterocycles. The molecule has 0 saturated carbocycles. The van der Waals surface area contributed by atoms with E-state index in [1.54, 1.807) is 24.7 Å². The number of rotatable bonds is 1. The highest BCUT2D eigenvalue weighted by Gasteiger charge is 1.95. The van der Waals surface area contributed by atoms with Gasteiger partial charge in [0, 0.05) is 10.7 Å². The summed E-state index contributed by atoms with van der Waals surface area (Å²) in [6.45, 7) is 0. The minimum Gasteiger partial charge on any atom is -0.333 e. The van der Waals surface area contributed by atoms with E-state index in [2.05, 4.69) is 43.9 Å². The van der Waals surface area contributed by atoms with Crippen LogP contribution in [0.4, 0.5) is 5.69 Å². The Morgan fingerprint density at radius 3 is 3.08 bits per heavy atom. The molecule has 4 nitrogen and oxygen atoms in total. The van der Waals surface area contributed by atoms with Gasteiger partial charge in [-0.15, -0.1) is 17.6 Å². The summed E-state index contributed by atoms with van der Waals surface area (Å²) < 4.78 is 0.843. The molecule has 1 aromatic heterocycles. The van der Waals surface area contributed by atoms with Gasteiger partial charge >= 0.3 is 0 Å². The Hall–Kier alpha value is -1.06. The van der Waals surface area contributed by atoms with Crippen LogP contribution in [-0.4, -0.2) is 10.2 Å². The minimum atomic E-state index is 0.238. The predicted molar refractivity (Wildman–Crippen MR) is 57.6 cm³/mol. The van der Waals surface area contributed by atoms with Crippen molar-refractivity contribution in [3.63, 3.8) is 0 Å². The molecule has 66 valence electrons. The molecule has 0 bridgehead atoms. The molecule has 1 heterocycles. The van der Waals surface area contributed by atoms with Gasteiger partial charge in [-0.05, 0) is 22.0 Å². The largest absolute Gasteiger partial charge is 0.333 e. The monoisotopic (exact) mass is 256 g/mol. The summed E-state index contributed by atoms with van der Waals surface area (Å²) in [7, 11) is 0. The molecule has 0 aromatic carbocycles. The van der Waals surface area contributed by atoms with E-state index in [0.717, 1.165) is 10.2 Å². The lowest BCUT2D eigenvalue weighted by atomic mass is 10.4. The van der Waals surface area contributed by atoms with E-state index in [-0.39, 0.29) is 5.17 Å². The van der Waals surface area contributed by atoms with Gasteiger partial charge in [0.2, 0.25) is 6.19 Å². The van der Waals surface area contributed by atoms with Crippen LogP contribution in [0.3, 0.4) is 0 Å². The first-order chi connectivity index (χ1) is 6.22. The lowest BCUT2D eigenvalue weighted by molar-refractivity contribution is 1.31. The van der Waals surface area contributed by atoms with Gasteiger partial charge in [-0.25, -0.2) is 0 Å². The molecule has 0 amide bonds. The summed E-state index contributed by atoms with van der Waals surface area (Å²) in [5, 5.41) is 11.2. The zero-order valence-corrected chi connectivity index (χ0v) is 8.88. The van der Waals surface area contributed by atoms with E-state index in [9.17, 15) is 0 Å². The summed E-state index contributed by atoms with van der Waals surface area (Å²) in [5.41, 5.74) is 0.721. The number of nitriles is 1. The molecule has 0 unspecified atom stereocenters. The first-order valence-electron chi connectivity index (χ1n) is 3.25. The van der Waals surface area contributed by atoms with E-state index in [1.165, 1.54) is 0 Å². The van der Waals surface area contributed by atoms with Crippen molar-refractivity contribution >= 4 is 39.4 Å². The van der Waals surface area contributed by atoms with Crippen LogP contribution in [-0.2, 0) is 0 Å². The molecule has 1 N–H and O–H groups in total. The lowest BCUT2D eigenvalue weighted by Crippen LogP contribution is -2.03. The topological polar surface area (TPSA) is 61.1 Å². The van der Waals surface area contributed by atoms with Crippen LogP contribution in [0.2, 0.25) is 0 Å². The molecule has 0 spiro atoms. The third-order valence-corrected chi connectivity index (χ3v) is 1.76. The van der Waals surface area contributed by atoms with Crippen molar-refractivity contribution in [2.75, 3.05) is 5.32 Å². The van der Waals surface area contributed by atoms with Crippen LogP contribution in [0, 0.1) is 11.5 Å². The maximum Gasteiger partial charge on any atom is 0.208 e. The van der Waals surface area contributed by atoms with Crippen molar-refractivity contribution in [2.24, 2.45) is 4.99 Å². The normalized spacial score (nSPS) is 10.7. The molecule has 0 aliphatic rings. The number of aromatic nitrogens is 1. The molecule has 0 fully saturated rings. The smallest absolute Gasteiger partial charge is 0.208 e. The number of pyridine rings is 1. The first-order valence-corrected chi connectivity index (χ1v) is 4.49. The standard InChI is InChI=1S/C7H5BrN4S/c8-5-1-6(3-10-2-5)12-7(13)11-4-9/h1-3H,(H2,11,12,13). The van der Waals surface area contributed by atoms with Crippen LogP contribution >= 0.6 is 28.6 Å². The van der Waals surface area contributed by atoms with E-state index < -0.39 is 0 Å². The predicted octanol–water partition coefficient (Wildman–Crippen LogP) is 2.02. The van der Waals surface area contributed by atoms with E-state index in [1.807, 2.05) is 0 Å². The number of nitrogens with zero attached hydrogens (tertiary/aromatic N) is 3. The summed E-state index contributed by atoms with van der Waals surface area (Å²) in [6, 6.07) is 1.80. The molecule has 13 heavy (non-hydrogen) atoms. The fourth-order valence-corrected chi connectivity index (χ4v) is 1.22. The third kappa shape index (κ3) is 3.44. The van der Waals surface area contributed by atoms with Crippen molar-refractivity contribution in [1.82, 2.24) is 4.98 Å². The maximum atomic E-state index is 8.22. The van der Waals surface area contributed by atoms with Gasteiger partial charge in [0.05, 0.1) is 11.9 Å². The van der Waals surface area contributed by atoms with Crippen LogP contribution in [0.25, 0.3) is 0 Å². The molecule has 0 aliphatic carbocycles. The number of thiol groups is 1.